The van der Waals surface area contributed by atoms with Crippen LogP contribution in [0.1, 0.15) is 108 Å². The zero-order valence-electron chi connectivity index (χ0n) is 40.4. The number of carbonyl (C=O) groups excluding carboxylic acids is 5. The van der Waals surface area contributed by atoms with Crippen LogP contribution in [0, 0.1) is 17.8 Å². The van der Waals surface area contributed by atoms with E-state index in [4.69, 9.17) is 0 Å². The topological polar surface area (TPSA) is 137 Å². The summed E-state index contributed by atoms with van der Waals surface area (Å²) in [6.07, 6.45) is 8.36. The van der Waals surface area contributed by atoms with E-state index < -0.39 is 11.9 Å². The Morgan fingerprint density at radius 3 is 1.94 bits per heavy atom. The number of nitrogens with one attached hydrogen (secondary N) is 1. The van der Waals surface area contributed by atoms with Gasteiger partial charge in [0, 0.05) is 120 Å². The first-order chi connectivity index (χ1) is 34.1. The summed E-state index contributed by atoms with van der Waals surface area (Å²) in [5.74, 6) is 0.451. The summed E-state index contributed by atoms with van der Waals surface area (Å²) >= 11 is 0. The maximum absolute atomic E-state index is 14.2. The molecule has 2 aliphatic carbocycles. The number of piperidine rings is 2. The highest BCUT2D eigenvalue weighted by Gasteiger charge is 2.42. The lowest BCUT2D eigenvalue weighted by molar-refractivity contribution is -0.149. The lowest BCUT2D eigenvalue weighted by Crippen LogP contribution is -2.55. The number of phenols is 1. The van der Waals surface area contributed by atoms with Crippen molar-refractivity contribution in [3.8, 4) is 5.75 Å². The number of hydrogen-bond acceptors (Lipinski definition) is 9. The van der Waals surface area contributed by atoms with E-state index in [0.29, 0.717) is 62.3 Å². The zero-order chi connectivity index (χ0) is 47.9. The third-order valence-corrected chi connectivity index (χ3v) is 17.1. The summed E-state index contributed by atoms with van der Waals surface area (Å²) in [4.78, 5) is 78.9. The van der Waals surface area contributed by atoms with E-state index in [9.17, 15) is 29.1 Å². The minimum Gasteiger partial charge on any atom is -0.508 e. The second-order valence-corrected chi connectivity index (χ2v) is 21.1. The highest BCUT2D eigenvalue weighted by molar-refractivity contribution is 6.05. The van der Waals surface area contributed by atoms with E-state index in [1.807, 2.05) is 35.2 Å². The summed E-state index contributed by atoms with van der Waals surface area (Å²) in [5, 5.41) is 12.7. The van der Waals surface area contributed by atoms with Crippen LogP contribution >= 0.6 is 0 Å². The van der Waals surface area contributed by atoms with Gasteiger partial charge in [-0.1, -0.05) is 61.4 Å². The Morgan fingerprint density at radius 2 is 1.26 bits per heavy atom. The molecular weight excluding hydrogens is 879 g/mol. The number of hydrogen-bond donors (Lipinski definition) is 2. The molecule has 5 fully saturated rings. The lowest BCUT2D eigenvalue weighted by Gasteiger charge is -2.42. The van der Waals surface area contributed by atoms with E-state index in [0.717, 1.165) is 108 Å². The number of benzene rings is 4. The molecule has 2 N–H and O–H groups in total. The van der Waals surface area contributed by atoms with Gasteiger partial charge in [-0.2, -0.15) is 0 Å². The van der Waals surface area contributed by atoms with Gasteiger partial charge in [0.05, 0.1) is 0 Å². The molecule has 4 aromatic rings. The third-order valence-electron chi connectivity index (χ3n) is 17.1. The smallest absolute Gasteiger partial charge is 0.255 e. The van der Waals surface area contributed by atoms with Crippen LogP contribution < -0.4 is 15.1 Å². The summed E-state index contributed by atoms with van der Waals surface area (Å²) < 4.78 is 0. The monoisotopic (exact) mass is 946 g/mol. The van der Waals surface area contributed by atoms with Crippen LogP contribution in [-0.2, 0) is 32.1 Å². The second kappa shape index (κ2) is 19.9. The number of amides is 5. The molecule has 366 valence electrons. The number of anilines is 2. The first-order valence-electron chi connectivity index (χ1n) is 26.2. The second-order valence-electron chi connectivity index (χ2n) is 21.1. The van der Waals surface area contributed by atoms with Gasteiger partial charge in [0.15, 0.2) is 0 Å². The van der Waals surface area contributed by atoms with Gasteiger partial charge in [0.2, 0.25) is 23.6 Å². The van der Waals surface area contributed by atoms with E-state index in [1.165, 1.54) is 27.9 Å². The molecule has 13 heteroatoms. The molecule has 0 aromatic heterocycles. The Hall–Kier alpha value is -6.21. The Bertz CT molecular complexity index is 2600. The van der Waals surface area contributed by atoms with E-state index in [2.05, 4.69) is 85.6 Å². The summed E-state index contributed by atoms with van der Waals surface area (Å²) in [6.45, 7) is 9.14. The van der Waals surface area contributed by atoms with Gasteiger partial charge in [-0.3, -0.25) is 34.2 Å². The number of imide groups is 1. The van der Waals surface area contributed by atoms with Crippen LogP contribution in [0.3, 0.4) is 0 Å². The number of piperazine rings is 2. The molecule has 0 spiro atoms. The minimum absolute atomic E-state index is 0.117. The van der Waals surface area contributed by atoms with Crippen molar-refractivity contribution in [1.82, 2.24) is 24.9 Å². The fourth-order valence-corrected chi connectivity index (χ4v) is 13.2. The molecule has 7 aliphatic rings. The fourth-order valence-electron chi connectivity index (χ4n) is 13.2. The van der Waals surface area contributed by atoms with Crippen LogP contribution in [0.5, 0.6) is 5.75 Å². The van der Waals surface area contributed by atoms with Crippen molar-refractivity contribution in [3.05, 3.63) is 124 Å². The van der Waals surface area contributed by atoms with E-state index in [1.54, 1.807) is 4.90 Å². The number of rotatable bonds is 9. The molecule has 5 amide bonds. The molecule has 1 unspecified atom stereocenters. The van der Waals surface area contributed by atoms with Crippen LogP contribution in [0.4, 0.5) is 11.4 Å². The van der Waals surface area contributed by atoms with Crippen molar-refractivity contribution in [2.24, 2.45) is 17.8 Å². The Labute approximate surface area is 411 Å². The average molecular weight is 946 g/mol. The van der Waals surface area contributed by atoms with Crippen molar-refractivity contribution < 1.29 is 29.1 Å². The maximum atomic E-state index is 14.2. The van der Waals surface area contributed by atoms with Gasteiger partial charge >= 0.3 is 0 Å². The lowest BCUT2D eigenvalue weighted by atomic mass is 9.69. The largest absolute Gasteiger partial charge is 0.508 e. The van der Waals surface area contributed by atoms with Gasteiger partial charge in [0.25, 0.3) is 5.91 Å². The maximum Gasteiger partial charge on any atom is 0.255 e. The molecule has 5 heterocycles. The molecule has 0 bridgehead atoms. The van der Waals surface area contributed by atoms with Gasteiger partial charge in [0.1, 0.15) is 11.8 Å². The van der Waals surface area contributed by atoms with Crippen molar-refractivity contribution in [3.63, 3.8) is 0 Å². The zero-order valence-corrected chi connectivity index (χ0v) is 40.4. The van der Waals surface area contributed by atoms with Gasteiger partial charge in [-0.15, -0.1) is 0 Å². The quantitative estimate of drug-likeness (QED) is 0.180. The van der Waals surface area contributed by atoms with Crippen LogP contribution in [0.25, 0.3) is 0 Å². The minimum atomic E-state index is -0.645. The molecule has 13 nitrogen and oxygen atoms in total. The number of aryl methyl sites for hydroxylation is 1. The molecular formula is C57H67N7O6. The normalized spacial score (nSPS) is 25.7. The number of fused-ring (bicyclic) bond motifs is 2. The van der Waals surface area contributed by atoms with Gasteiger partial charge in [-0.25, -0.2) is 0 Å². The van der Waals surface area contributed by atoms with Crippen LogP contribution in [0.15, 0.2) is 91.0 Å². The summed E-state index contributed by atoms with van der Waals surface area (Å²) in [7, 11) is 0. The number of carbonyl (C=O) groups is 5. The van der Waals surface area contributed by atoms with Crippen molar-refractivity contribution in [1.29, 1.82) is 0 Å². The molecule has 1 saturated carbocycles. The molecule has 4 saturated heterocycles. The predicted octanol–water partition coefficient (Wildman–Crippen LogP) is 6.53. The number of nitrogens with zero attached hydrogens (tertiary/aromatic N) is 6. The fraction of sp³-hybridized carbons (Fsp3) is 0.491. The van der Waals surface area contributed by atoms with E-state index in [-0.39, 0.29) is 47.8 Å². The average Bonchev–Trinajstić information content (AvgIpc) is 3.73. The summed E-state index contributed by atoms with van der Waals surface area (Å²) in [6, 6.07) is 31.3. The number of phenolic OH excluding ortho intramolecular Hbond substituents is 1. The summed E-state index contributed by atoms with van der Waals surface area (Å²) in [5.41, 5.74) is 9.02. The van der Waals surface area contributed by atoms with Crippen LogP contribution in [-0.4, -0.2) is 132 Å². The van der Waals surface area contributed by atoms with Gasteiger partial charge < -0.3 is 29.6 Å². The van der Waals surface area contributed by atoms with E-state index >= 15 is 0 Å². The SMILES string of the molecule is O=C1CCC(N2Cc3cc(N4CCN(C(=O)[C@H]5CCCC[C@@H]5C(=O)N5CCN(CC6CCN(c7ccc([C@@H]8c9ccc(O)cc9CC[C@@H]8c8ccccc8)cc7)CC6)CC5)CC4)ccc3C2=O)C(=O)N1. The van der Waals surface area contributed by atoms with Crippen molar-refractivity contribution in [2.75, 3.05) is 81.8 Å². The molecule has 5 aliphatic heterocycles. The third kappa shape index (κ3) is 9.29. The molecule has 11 rings (SSSR count). The highest BCUT2D eigenvalue weighted by Crippen LogP contribution is 2.47. The Balaban J connectivity index is 0.640. The molecule has 4 aromatic carbocycles. The standard InChI is InChI=1S/C57H67N7O6/c65-45-16-19-47-41(35-45)12-17-46(39-6-2-1-3-7-39)53(47)40-10-13-43(14-11-40)60-24-22-38(23-25-60)36-59-26-28-62(29-27-59)55(68)49-8-4-5-9-50(49)56(69)63-32-30-61(31-33-63)44-15-18-48-42(34-44)37-64(57(48)70)51-20-21-52(66)58-54(51)67/h1-3,6-7,10-11,13-16,18-19,34-35,38,46,49-51,53,65H,4-5,8-9,12,17,20-33,36-37H2,(H,58,66,67)/t46-,49+,50+,51?,53+/m1/s1. The Morgan fingerprint density at radius 1 is 0.600 bits per heavy atom. The molecule has 70 heavy (non-hydrogen) atoms. The molecule has 0 radical (unpaired) electrons. The van der Waals surface area contributed by atoms with Gasteiger partial charge in [-0.05, 0) is 127 Å². The highest BCUT2D eigenvalue weighted by atomic mass is 16.3. The predicted molar refractivity (Wildman–Crippen MR) is 269 cm³/mol. The van der Waals surface area contributed by atoms with Crippen molar-refractivity contribution in [2.45, 2.75) is 88.6 Å². The Kier molecular flexibility index (Phi) is 13.1. The number of aromatic hydroxyl groups is 1. The van der Waals surface area contributed by atoms with Crippen molar-refractivity contribution >= 4 is 40.9 Å². The molecule has 5 atom stereocenters. The first kappa shape index (κ1) is 46.2. The first-order valence-corrected chi connectivity index (χ1v) is 26.2. The van der Waals surface area contributed by atoms with Crippen LogP contribution in [0.2, 0.25) is 0 Å².